The molecule has 0 radical (unpaired) electrons. The molecular formula is C11H14F3N3O. The van der Waals surface area contributed by atoms with Crippen molar-refractivity contribution in [2.75, 3.05) is 19.6 Å². The summed E-state index contributed by atoms with van der Waals surface area (Å²) in [5.74, 6) is -0.491. The van der Waals surface area contributed by atoms with E-state index in [0.717, 1.165) is 17.7 Å². The lowest BCUT2D eigenvalue weighted by molar-refractivity contribution is -0.159. The van der Waals surface area contributed by atoms with Crippen molar-refractivity contribution in [1.29, 1.82) is 5.26 Å². The molecule has 7 heteroatoms. The summed E-state index contributed by atoms with van der Waals surface area (Å²) in [5, 5.41) is 8.72. The zero-order valence-electron chi connectivity index (χ0n) is 9.78. The summed E-state index contributed by atoms with van der Waals surface area (Å²) >= 11 is 0. The van der Waals surface area contributed by atoms with E-state index in [-0.39, 0.29) is 19.1 Å². The second kappa shape index (κ2) is 4.76. The van der Waals surface area contributed by atoms with Gasteiger partial charge in [-0.1, -0.05) is 0 Å². The minimum atomic E-state index is -4.36. The van der Waals surface area contributed by atoms with Crippen LogP contribution in [0.15, 0.2) is 0 Å². The molecule has 18 heavy (non-hydrogen) atoms. The molecule has 0 bridgehead atoms. The van der Waals surface area contributed by atoms with Crippen LogP contribution in [0.5, 0.6) is 0 Å². The maximum Gasteiger partial charge on any atom is 0.406 e. The third kappa shape index (κ3) is 2.93. The van der Waals surface area contributed by atoms with Gasteiger partial charge in [-0.2, -0.15) is 18.4 Å². The predicted octanol–water partition coefficient (Wildman–Crippen LogP) is 1.14. The molecule has 4 nitrogen and oxygen atoms in total. The Bertz CT molecular complexity index is 373. The van der Waals surface area contributed by atoms with Crippen LogP contribution in [0.25, 0.3) is 0 Å². The number of nitriles is 1. The molecule has 0 N–H and O–H groups in total. The van der Waals surface area contributed by atoms with Gasteiger partial charge in [0.25, 0.3) is 0 Å². The number of likely N-dealkylation sites (tertiary alicyclic amines) is 1. The fraction of sp³-hybridized carbons (Fsp3) is 0.818. The smallest absolute Gasteiger partial charge is 0.332 e. The van der Waals surface area contributed by atoms with E-state index in [0.29, 0.717) is 6.42 Å². The molecule has 2 rings (SSSR count). The van der Waals surface area contributed by atoms with Crippen molar-refractivity contribution in [3.63, 3.8) is 0 Å². The highest BCUT2D eigenvalue weighted by Crippen LogP contribution is 2.32. The number of hydrogen-bond acceptors (Lipinski definition) is 3. The molecule has 0 aromatic heterocycles. The quantitative estimate of drug-likeness (QED) is 0.713. The number of carbonyl (C=O) groups excluding carboxylic acids is 1. The second-order valence-corrected chi connectivity index (χ2v) is 4.74. The van der Waals surface area contributed by atoms with Gasteiger partial charge in [0.2, 0.25) is 5.91 Å². The fourth-order valence-corrected chi connectivity index (χ4v) is 2.39. The van der Waals surface area contributed by atoms with Crippen molar-refractivity contribution in [3.05, 3.63) is 0 Å². The Kier molecular flexibility index (Phi) is 3.48. The molecule has 1 atom stereocenters. The highest BCUT2D eigenvalue weighted by atomic mass is 19.4. The van der Waals surface area contributed by atoms with Crippen LogP contribution in [0, 0.1) is 11.3 Å². The summed E-state index contributed by atoms with van der Waals surface area (Å²) in [6.45, 7) is -0.952. The van der Waals surface area contributed by atoms with Crippen LogP contribution in [-0.4, -0.2) is 53.6 Å². The molecule has 100 valence electrons. The number of amides is 1. The molecule has 1 aliphatic carbocycles. The summed E-state index contributed by atoms with van der Waals surface area (Å²) in [4.78, 5) is 14.5. The zero-order valence-corrected chi connectivity index (χ0v) is 9.78. The molecule has 0 spiro atoms. The lowest BCUT2D eigenvalue weighted by Crippen LogP contribution is -2.45. The van der Waals surface area contributed by atoms with Gasteiger partial charge in [0, 0.05) is 12.6 Å². The number of halogens is 3. The average Bonchev–Trinajstić information content (AvgIpc) is 3.03. The number of hydrogen-bond donors (Lipinski definition) is 0. The van der Waals surface area contributed by atoms with E-state index in [1.54, 1.807) is 4.90 Å². The van der Waals surface area contributed by atoms with Crippen LogP contribution in [0.3, 0.4) is 0 Å². The molecular weight excluding hydrogens is 247 g/mol. The Labute approximate surface area is 103 Å². The average molecular weight is 261 g/mol. The van der Waals surface area contributed by atoms with Crippen LogP contribution in [0.2, 0.25) is 0 Å². The largest absolute Gasteiger partial charge is 0.406 e. The molecule has 1 saturated heterocycles. The van der Waals surface area contributed by atoms with Gasteiger partial charge in [0.15, 0.2) is 0 Å². The first-order valence-corrected chi connectivity index (χ1v) is 5.90. The Hall–Kier alpha value is -1.29. The molecule has 2 fully saturated rings. The maximum atomic E-state index is 12.3. The Morgan fingerprint density at radius 1 is 1.39 bits per heavy atom. The van der Waals surface area contributed by atoms with Crippen molar-refractivity contribution in [3.8, 4) is 6.07 Å². The van der Waals surface area contributed by atoms with E-state index >= 15 is 0 Å². The van der Waals surface area contributed by atoms with Crippen molar-refractivity contribution < 1.29 is 18.0 Å². The fourth-order valence-electron chi connectivity index (χ4n) is 2.39. The highest BCUT2D eigenvalue weighted by molar-refractivity contribution is 5.84. The summed E-state index contributed by atoms with van der Waals surface area (Å²) in [6, 6.07) is 1.64. The van der Waals surface area contributed by atoms with Crippen molar-refractivity contribution in [2.24, 2.45) is 0 Å². The van der Waals surface area contributed by atoms with Gasteiger partial charge >= 0.3 is 6.18 Å². The Morgan fingerprint density at radius 2 is 2.06 bits per heavy atom. The van der Waals surface area contributed by atoms with Crippen molar-refractivity contribution in [2.45, 2.75) is 37.5 Å². The van der Waals surface area contributed by atoms with Crippen LogP contribution >= 0.6 is 0 Å². The lowest BCUT2D eigenvalue weighted by Gasteiger charge is -2.25. The highest BCUT2D eigenvalue weighted by Gasteiger charge is 2.44. The lowest BCUT2D eigenvalue weighted by atomic mass is 10.2. The predicted molar refractivity (Wildman–Crippen MR) is 56.4 cm³/mol. The zero-order chi connectivity index (χ0) is 13.3. The first-order chi connectivity index (χ1) is 8.42. The SMILES string of the molecule is N#CCN(C1CC1)[C@@H]1CCN(CC(F)(F)F)C1=O. The van der Waals surface area contributed by atoms with Crippen molar-refractivity contribution >= 4 is 5.91 Å². The van der Waals surface area contributed by atoms with E-state index in [1.807, 2.05) is 6.07 Å². The van der Waals surface area contributed by atoms with Crippen LogP contribution in [0.1, 0.15) is 19.3 Å². The van der Waals surface area contributed by atoms with E-state index < -0.39 is 24.7 Å². The topological polar surface area (TPSA) is 47.3 Å². The van der Waals surface area contributed by atoms with Crippen LogP contribution < -0.4 is 0 Å². The maximum absolute atomic E-state index is 12.3. The van der Waals surface area contributed by atoms with Gasteiger partial charge < -0.3 is 4.90 Å². The van der Waals surface area contributed by atoms with Gasteiger partial charge in [-0.15, -0.1) is 0 Å². The van der Waals surface area contributed by atoms with Crippen LogP contribution in [0.4, 0.5) is 13.2 Å². The Morgan fingerprint density at radius 3 is 2.56 bits per heavy atom. The third-order valence-electron chi connectivity index (χ3n) is 3.31. The molecule has 1 heterocycles. The second-order valence-electron chi connectivity index (χ2n) is 4.74. The monoisotopic (exact) mass is 261 g/mol. The Balaban J connectivity index is 1.99. The molecule has 0 aromatic rings. The van der Waals surface area contributed by atoms with Gasteiger partial charge in [-0.05, 0) is 19.3 Å². The molecule has 2 aliphatic rings. The summed E-state index contributed by atoms with van der Waals surface area (Å²) in [6.07, 6.45) is -2.13. The summed E-state index contributed by atoms with van der Waals surface area (Å²) < 4.78 is 36.8. The van der Waals surface area contributed by atoms with Gasteiger partial charge in [0.05, 0.1) is 18.7 Å². The van der Waals surface area contributed by atoms with Gasteiger partial charge in [-0.3, -0.25) is 9.69 Å². The molecule has 1 saturated carbocycles. The van der Waals surface area contributed by atoms with E-state index in [1.165, 1.54) is 0 Å². The molecule has 0 aromatic carbocycles. The molecule has 1 aliphatic heterocycles. The number of nitrogens with zero attached hydrogens (tertiary/aromatic N) is 3. The molecule has 1 amide bonds. The first kappa shape index (κ1) is 13.1. The normalized spacial score (nSPS) is 24.7. The third-order valence-corrected chi connectivity index (χ3v) is 3.31. The summed E-state index contributed by atoms with van der Waals surface area (Å²) in [7, 11) is 0. The molecule has 0 unspecified atom stereocenters. The number of carbonyl (C=O) groups is 1. The van der Waals surface area contributed by atoms with Gasteiger partial charge in [-0.25, -0.2) is 0 Å². The summed E-state index contributed by atoms with van der Waals surface area (Å²) in [5.41, 5.74) is 0. The van der Waals surface area contributed by atoms with Crippen LogP contribution in [-0.2, 0) is 4.79 Å². The van der Waals surface area contributed by atoms with E-state index in [9.17, 15) is 18.0 Å². The van der Waals surface area contributed by atoms with E-state index in [2.05, 4.69) is 0 Å². The van der Waals surface area contributed by atoms with E-state index in [4.69, 9.17) is 5.26 Å². The van der Waals surface area contributed by atoms with Crippen molar-refractivity contribution in [1.82, 2.24) is 9.80 Å². The van der Waals surface area contributed by atoms with Gasteiger partial charge in [0.1, 0.15) is 6.54 Å². The number of alkyl halides is 3. The standard InChI is InChI=1S/C11H14F3N3O/c12-11(13,14)7-16-5-3-9(10(16)18)17(6-4-15)8-1-2-8/h8-9H,1-3,5-7H2/t9-/m1/s1. The minimum Gasteiger partial charge on any atom is -0.332 e. The minimum absolute atomic E-state index is 0.112. The number of rotatable bonds is 4. The first-order valence-electron chi connectivity index (χ1n) is 5.90.